The second kappa shape index (κ2) is 7.61. The van der Waals surface area contributed by atoms with Crippen LogP contribution in [0.15, 0.2) is 41.7 Å². The molecule has 0 aliphatic heterocycles. The predicted molar refractivity (Wildman–Crippen MR) is 94.3 cm³/mol. The number of aromatic nitrogens is 4. The molecule has 0 saturated carbocycles. The average molecular weight is 375 g/mol. The van der Waals surface area contributed by atoms with Crippen LogP contribution in [-0.2, 0) is 4.79 Å². The molecule has 1 amide bonds. The van der Waals surface area contributed by atoms with Crippen LogP contribution in [0.25, 0.3) is 5.82 Å². The van der Waals surface area contributed by atoms with Crippen LogP contribution in [0.1, 0.15) is 11.4 Å². The molecule has 0 atom stereocenters. The van der Waals surface area contributed by atoms with Crippen molar-refractivity contribution in [2.24, 2.45) is 0 Å². The lowest BCUT2D eigenvalue weighted by Gasteiger charge is -2.07. The van der Waals surface area contributed by atoms with Gasteiger partial charge in [-0.1, -0.05) is 11.8 Å². The van der Waals surface area contributed by atoms with Crippen LogP contribution >= 0.6 is 11.8 Å². The van der Waals surface area contributed by atoms with Crippen LogP contribution in [0.4, 0.5) is 14.5 Å². The van der Waals surface area contributed by atoms with Gasteiger partial charge in [0.05, 0.1) is 17.1 Å². The van der Waals surface area contributed by atoms with Gasteiger partial charge in [0.15, 0.2) is 5.82 Å². The number of carbonyl (C=O) groups excluding carboxylic acids is 1. The van der Waals surface area contributed by atoms with Crippen molar-refractivity contribution in [1.29, 1.82) is 0 Å². The minimum atomic E-state index is -0.696. The van der Waals surface area contributed by atoms with Crippen molar-refractivity contribution in [2.45, 2.75) is 18.9 Å². The zero-order chi connectivity index (χ0) is 18.7. The monoisotopic (exact) mass is 375 g/mol. The highest BCUT2D eigenvalue weighted by atomic mass is 32.2. The molecule has 0 fully saturated rings. The third kappa shape index (κ3) is 4.23. The van der Waals surface area contributed by atoms with Gasteiger partial charge in [-0.15, -0.1) is 0 Å². The molecule has 0 aliphatic rings. The van der Waals surface area contributed by atoms with Gasteiger partial charge in [-0.05, 0) is 32.0 Å². The summed E-state index contributed by atoms with van der Waals surface area (Å²) in [6.07, 6.45) is 1.39. The standard InChI is InChI=1S/C17H15F2N5OS/c1-10-5-11(2)24(23-10)15-7-17(21-9-20-15)26-8-16(25)22-14-6-12(18)3-4-13(14)19/h3-7,9H,8H2,1-2H3,(H,22,25). The fraction of sp³-hybridized carbons (Fsp3) is 0.176. The number of anilines is 1. The van der Waals surface area contributed by atoms with Gasteiger partial charge in [0, 0.05) is 17.8 Å². The number of hydrogen-bond acceptors (Lipinski definition) is 5. The van der Waals surface area contributed by atoms with Crippen LogP contribution < -0.4 is 5.32 Å². The first-order valence-electron chi connectivity index (χ1n) is 7.66. The Morgan fingerprint density at radius 2 is 2.00 bits per heavy atom. The number of benzene rings is 1. The summed E-state index contributed by atoms with van der Waals surface area (Å²) in [5.41, 5.74) is 1.60. The third-order valence-corrected chi connectivity index (χ3v) is 4.33. The molecule has 9 heteroatoms. The molecule has 0 saturated heterocycles. The first-order valence-corrected chi connectivity index (χ1v) is 8.64. The highest BCUT2D eigenvalue weighted by molar-refractivity contribution is 7.99. The normalized spacial score (nSPS) is 10.8. The van der Waals surface area contributed by atoms with Crippen molar-refractivity contribution in [3.8, 4) is 5.82 Å². The van der Waals surface area contributed by atoms with Gasteiger partial charge in [0.2, 0.25) is 5.91 Å². The van der Waals surface area contributed by atoms with Crippen molar-refractivity contribution < 1.29 is 13.6 Å². The Morgan fingerprint density at radius 1 is 1.19 bits per heavy atom. The van der Waals surface area contributed by atoms with E-state index in [1.807, 2.05) is 19.9 Å². The maximum atomic E-state index is 13.6. The Bertz CT molecular complexity index is 960. The van der Waals surface area contributed by atoms with Gasteiger partial charge in [-0.25, -0.2) is 23.4 Å². The lowest BCUT2D eigenvalue weighted by atomic mass is 10.3. The Morgan fingerprint density at radius 3 is 2.73 bits per heavy atom. The Balaban J connectivity index is 1.66. The first kappa shape index (κ1) is 18.0. The summed E-state index contributed by atoms with van der Waals surface area (Å²) in [4.78, 5) is 20.3. The van der Waals surface area contributed by atoms with Gasteiger partial charge >= 0.3 is 0 Å². The number of aryl methyl sites for hydroxylation is 2. The van der Waals surface area contributed by atoms with Crippen LogP contribution in [-0.4, -0.2) is 31.4 Å². The number of halogens is 2. The van der Waals surface area contributed by atoms with Crippen molar-refractivity contribution in [2.75, 3.05) is 11.1 Å². The number of thioether (sulfide) groups is 1. The van der Waals surface area contributed by atoms with E-state index in [1.54, 1.807) is 10.7 Å². The molecular formula is C17H15F2N5OS. The number of rotatable bonds is 5. The molecular weight excluding hydrogens is 360 g/mol. The fourth-order valence-corrected chi connectivity index (χ4v) is 2.97. The lowest BCUT2D eigenvalue weighted by Crippen LogP contribution is -2.15. The predicted octanol–water partition coefficient (Wildman–Crippen LogP) is 3.29. The second-order valence-electron chi connectivity index (χ2n) is 5.51. The Labute approximate surface area is 152 Å². The molecule has 2 heterocycles. The van der Waals surface area contributed by atoms with E-state index in [-0.39, 0.29) is 11.4 Å². The van der Waals surface area contributed by atoms with Gasteiger partial charge in [0.1, 0.15) is 23.0 Å². The van der Waals surface area contributed by atoms with Crippen LogP contribution in [0.3, 0.4) is 0 Å². The summed E-state index contributed by atoms with van der Waals surface area (Å²) in [6, 6.07) is 6.52. The molecule has 3 rings (SSSR count). The molecule has 0 unspecified atom stereocenters. The number of hydrogen-bond donors (Lipinski definition) is 1. The summed E-state index contributed by atoms with van der Waals surface area (Å²) in [5, 5.41) is 7.26. The van der Waals surface area contributed by atoms with Gasteiger partial charge in [0.25, 0.3) is 0 Å². The lowest BCUT2D eigenvalue weighted by molar-refractivity contribution is -0.113. The van der Waals surface area contributed by atoms with E-state index < -0.39 is 17.5 Å². The molecule has 0 bridgehead atoms. The van der Waals surface area contributed by atoms with E-state index in [2.05, 4.69) is 20.4 Å². The maximum Gasteiger partial charge on any atom is 0.234 e. The average Bonchev–Trinajstić information content (AvgIpc) is 2.95. The van der Waals surface area contributed by atoms with E-state index in [1.165, 1.54) is 6.33 Å². The van der Waals surface area contributed by atoms with E-state index in [0.717, 1.165) is 41.3 Å². The van der Waals surface area contributed by atoms with Crippen molar-refractivity contribution in [3.05, 3.63) is 59.7 Å². The van der Waals surface area contributed by atoms with Crippen molar-refractivity contribution >= 4 is 23.4 Å². The van der Waals surface area contributed by atoms with Crippen LogP contribution in [0.5, 0.6) is 0 Å². The minimum Gasteiger partial charge on any atom is -0.323 e. The van der Waals surface area contributed by atoms with E-state index >= 15 is 0 Å². The highest BCUT2D eigenvalue weighted by Crippen LogP contribution is 2.20. The molecule has 3 aromatic rings. The maximum absolute atomic E-state index is 13.6. The number of amides is 1. The SMILES string of the molecule is Cc1cc(C)n(-c2cc(SCC(=O)Nc3cc(F)ccc3F)ncn2)n1. The van der Waals surface area contributed by atoms with Crippen LogP contribution in [0, 0.1) is 25.5 Å². The molecule has 6 nitrogen and oxygen atoms in total. The van der Waals surface area contributed by atoms with E-state index in [4.69, 9.17) is 0 Å². The number of nitrogens with zero attached hydrogens (tertiary/aromatic N) is 4. The van der Waals surface area contributed by atoms with Crippen molar-refractivity contribution in [1.82, 2.24) is 19.7 Å². The molecule has 1 aromatic carbocycles. The summed E-state index contributed by atoms with van der Waals surface area (Å²) in [5.74, 6) is -1.21. The zero-order valence-corrected chi connectivity index (χ0v) is 14.8. The third-order valence-electron chi connectivity index (χ3n) is 3.41. The van der Waals surface area contributed by atoms with Crippen molar-refractivity contribution in [3.63, 3.8) is 0 Å². The molecule has 2 aromatic heterocycles. The Kier molecular flexibility index (Phi) is 5.27. The number of nitrogens with one attached hydrogen (secondary N) is 1. The second-order valence-corrected chi connectivity index (χ2v) is 6.51. The number of carbonyl (C=O) groups is 1. The fourth-order valence-electron chi connectivity index (χ4n) is 2.30. The topological polar surface area (TPSA) is 72.7 Å². The smallest absolute Gasteiger partial charge is 0.234 e. The molecule has 134 valence electrons. The quantitative estimate of drug-likeness (QED) is 0.547. The Hall–Kier alpha value is -2.81. The molecule has 0 spiro atoms. The highest BCUT2D eigenvalue weighted by Gasteiger charge is 2.11. The van der Waals surface area contributed by atoms with Crippen LogP contribution in [0.2, 0.25) is 0 Å². The minimum absolute atomic E-state index is 0.0104. The summed E-state index contributed by atoms with van der Waals surface area (Å²) in [7, 11) is 0. The summed E-state index contributed by atoms with van der Waals surface area (Å²) in [6.45, 7) is 3.80. The van der Waals surface area contributed by atoms with E-state index in [0.29, 0.717) is 10.8 Å². The molecule has 0 aliphatic carbocycles. The van der Waals surface area contributed by atoms with E-state index in [9.17, 15) is 13.6 Å². The zero-order valence-electron chi connectivity index (χ0n) is 14.0. The molecule has 0 radical (unpaired) electrons. The molecule has 1 N–H and O–H groups in total. The van der Waals surface area contributed by atoms with Gasteiger partial charge in [-0.3, -0.25) is 4.79 Å². The summed E-state index contributed by atoms with van der Waals surface area (Å²) >= 11 is 1.16. The first-order chi connectivity index (χ1) is 12.4. The molecule has 26 heavy (non-hydrogen) atoms. The largest absolute Gasteiger partial charge is 0.323 e. The summed E-state index contributed by atoms with van der Waals surface area (Å²) < 4.78 is 28.4. The van der Waals surface area contributed by atoms with Gasteiger partial charge in [-0.2, -0.15) is 5.10 Å². The van der Waals surface area contributed by atoms with Gasteiger partial charge < -0.3 is 5.32 Å².